The largest absolute Gasteiger partial charge is 0.444 e. The molecule has 2 N–H and O–H groups in total. The molecule has 3 aromatic rings. The molecule has 1 heterocycles. The summed E-state index contributed by atoms with van der Waals surface area (Å²) in [5, 5.41) is 5.08. The van der Waals surface area contributed by atoms with Crippen molar-refractivity contribution in [3.8, 4) is 0 Å². The van der Waals surface area contributed by atoms with E-state index in [1.807, 2.05) is 60.7 Å². The molecule has 0 saturated carbocycles. The molecule has 142 valence electrons. The van der Waals surface area contributed by atoms with E-state index in [1.54, 1.807) is 12.1 Å². The number of carbonyl (C=O) groups is 2. The van der Waals surface area contributed by atoms with Gasteiger partial charge in [-0.3, -0.25) is 10.6 Å². The fraction of sp³-hybridized carbons (Fsp3) is 0.0952. The van der Waals surface area contributed by atoms with Crippen molar-refractivity contribution in [3.05, 3.63) is 90.1 Å². The van der Waals surface area contributed by atoms with Crippen molar-refractivity contribution >= 4 is 23.7 Å². The first-order valence-electron chi connectivity index (χ1n) is 8.61. The number of nitrogens with zero attached hydrogens (tertiary/aromatic N) is 1. The molecular weight excluding hydrogens is 358 g/mol. The molecule has 0 atom stereocenters. The first-order chi connectivity index (χ1) is 13.7. The number of carbonyl (C=O) groups excluding carboxylic acids is 2. The number of nitrogens with one attached hydrogen (secondary N) is 2. The fourth-order valence-corrected chi connectivity index (χ4v) is 2.33. The van der Waals surface area contributed by atoms with Gasteiger partial charge in [-0.2, -0.15) is 0 Å². The number of ether oxygens (including phenoxy) is 2. The van der Waals surface area contributed by atoms with E-state index in [1.165, 1.54) is 6.20 Å². The number of benzene rings is 2. The van der Waals surface area contributed by atoms with Crippen LogP contribution in [-0.2, 0) is 22.7 Å². The van der Waals surface area contributed by atoms with E-state index in [-0.39, 0.29) is 19.0 Å². The second-order valence-electron chi connectivity index (χ2n) is 5.77. The van der Waals surface area contributed by atoms with Crippen molar-refractivity contribution in [1.82, 2.24) is 4.98 Å². The second-order valence-corrected chi connectivity index (χ2v) is 5.77. The normalized spacial score (nSPS) is 10.0. The predicted octanol–water partition coefficient (Wildman–Crippen LogP) is 4.58. The lowest BCUT2D eigenvalue weighted by atomic mass is 10.2. The number of hydrogen-bond acceptors (Lipinski definition) is 5. The number of pyridine rings is 1. The maximum Gasteiger partial charge on any atom is 0.413 e. The van der Waals surface area contributed by atoms with Crippen LogP contribution in [0.5, 0.6) is 0 Å². The summed E-state index contributed by atoms with van der Waals surface area (Å²) in [4.78, 5) is 28.1. The highest BCUT2D eigenvalue weighted by molar-refractivity contribution is 5.93. The molecule has 0 saturated heterocycles. The van der Waals surface area contributed by atoms with Crippen LogP contribution in [0.25, 0.3) is 0 Å². The lowest BCUT2D eigenvalue weighted by Crippen LogP contribution is -2.19. The van der Waals surface area contributed by atoms with Crippen molar-refractivity contribution in [3.63, 3.8) is 0 Å². The van der Waals surface area contributed by atoms with Crippen LogP contribution in [-0.4, -0.2) is 17.2 Å². The van der Waals surface area contributed by atoms with Crippen LogP contribution < -0.4 is 10.6 Å². The third kappa shape index (κ3) is 5.84. The SMILES string of the molecule is O=C(Nc1cccnc1NC(=O)OCc1ccccc1)OCc1ccccc1. The smallest absolute Gasteiger partial charge is 0.413 e. The molecular formula is C21H19N3O4. The zero-order chi connectivity index (χ0) is 19.6. The van der Waals surface area contributed by atoms with Gasteiger partial charge >= 0.3 is 12.2 Å². The predicted molar refractivity (Wildman–Crippen MR) is 105 cm³/mol. The Morgan fingerprint density at radius 2 is 1.25 bits per heavy atom. The van der Waals surface area contributed by atoms with E-state index in [0.717, 1.165) is 11.1 Å². The van der Waals surface area contributed by atoms with Crippen LogP contribution in [0.2, 0.25) is 0 Å². The van der Waals surface area contributed by atoms with Crippen molar-refractivity contribution in [2.45, 2.75) is 13.2 Å². The highest BCUT2D eigenvalue weighted by Gasteiger charge is 2.12. The van der Waals surface area contributed by atoms with E-state index < -0.39 is 12.2 Å². The maximum absolute atomic E-state index is 12.0. The van der Waals surface area contributed by atoms with E-state index >= 15 is 0 Å². The Morgan fingerprint density at radius 1 is 0.714 bits per heavy atom. The molecule has 0 unspecified atom stereocenters. The monoisotopic (exact) mass is 377 g/mol. The van der Waals surface area contributed by atoms with Crippen molar-refractivity contribution in [1.29, 1.82) is 0 Å². The van der Waals surface area contributed by atoms with Gasteiger partial charge in [0.1, 0.15) is 13.2 Å². The second kappa shape index (κ2) is 9.72. The minimum atomic E-state index is -0.678. The standard InChI is InChI=1S/C21H19N3O4/c25-20(27-14-16-8-3-1-4-9-16)23-18-12-7-13-22-19(18)24-21(26)28-15-17-10-5-2-6-11-17/h1-13H,14-15H2,(H,23,25)(H,22,24,26). The van der Waals surface area contributed by atoms with Gasteiger partial charge in [-0.15, -0.1) is 0 Å². The summed E-state index contributed by atoms with van der Waals surface area (Å²) in [6.45, 7) is 0.260. The van der Waals surface area contributed by atoms with Gasteiger partial charge in [0.25, 0.3) is 0 Å². The molecule has 3 rings (SSSR count). The number of rotatable bonds is 6. The minimum absolute atomic E-state index is 0.126. The molecule has 7 nitrogen and oxygen atoms in total. The number of aromatic nitrogens is 1. The molecule has 0 aliphatic carbocycles. The Balaban J connectivity index is 1.53. The van der Waals surface area contributed by atoms with Gasteiger partial charge in [-0.1, -0.05) is 60.7 Å². The van der Waals surface area contributed by atoms with Gasteiger partial charge in [-0.25, -0.2) is 14.6 Å². The topological polar surface area (TPSA) is 89.6 Å². The van der Waals surface area contributed by atoms with Crippen molar-refractivity contribution < 1.29 is 19.1 Å². The van der Waals surface area contributed by atoms with Gasteiger partial charge in [-0.05, 0) is 23.3 Å². The van der Waals surface area contributed by atoms with Crippen LogP contribution in [0, 0.1) is 0 Å². The minimum Gasteiger partial charge on any atom is -0.444 e. The molecule has 0 bridgehead atoms. The molecule has 0 aliphatic heterocycles. The third-order valence-electron chi connectivity index (χ3n) is 3.69. The first-order valence-corrected chi connectivity index (χ1v) is 8.61. The van der Waals surface area contributed by atoms with Crippen LogP contribution >= 0.6 is 0 Å². The van der Waals surface area contributed by atoms with E-state index in [4.69, 9.17) is 9.47 Å². The van der Waals surface area contributed by atoms with Gasteiger partial charge in [0.2, 0.25) is 0 Å². The molecule has 0 spiro atoms. The van der Waals surface area contributed by atoms with Crippen molar-refractivity contribution in [2.24, 2.45) is 0 Å². The maximum atomic E-state index is 12.0. The van der Waals surface area contributed by atoms with Crippen LogP contribution in [0.3, 0.4) is 0 Å². The van der Waals surface area contributed by atoms with Crippen LogP contribution in [0.15, 0.2) is 79.0 Å². The van der Waals surface area contributed by atoms with E-state index in [2.05, 4.69) is 15.6 Å². The highest BCUT2D eigenvalue weighted by Crippen LogP contribution is 2.18. The molecule has 28 heavy (non-hydrogen) atoms. The summed E-state index contributed by atoms with van der Waals surface area (Å²) in [6, 6.07) is 21.9. The summed E-state index contributed by atoms with van der Waals surface area (Å²) >= 11 is 0. The molecule has 0 radical (unpaired) electrons. The molecule has 7 heteroatoms. The molecule has 1 aromatic heterocycles. The first kappa shape index (κ1) is 18.9. The Labute approximate surface area is 162 Å². The summed E-state index contributed by atoms with van der Waals surface area (Å²) < 4.78 is 10.3. The Kier molecular flexibility index (Phi) is 6.57. The zero-order valence-corrected chi connectivity index (χ0v) is 15.0. The Hall–Kier alpha value is -3.87. The fourth-order valence-electron chi connectivity index (χ4n) is 2.33. The van der Waals surface area contributed by atoms with Gasteiger partial charge in [0, 0.05) is 6.20 Å². The van der Waals surface area contributed by atoms with Crippen LogP contribution in [0.1, 0.15) is 11.1 Å². The summed E-state index contributed by atoms with van der Waals surface area (Å²) in [7, 11) is 0. The lowest BCUT2D eigenvalue weighted by Gasteiger charge is -2.12. The number of anilines is 2. The van der Waals surface area contributed by atoms with Gasteiger partial charge < -0.3 is 9.47 Å². The lowest BCUT2D eigenvalue weighted by molar-refractivity contribution is 0.153. The average molecular weight is 377 g/mol. The van der Waals surface area contributed by atoms with Gasteiger partial charge in [0.05, 0.1) is 5.69 Å². The summed E-state index contributed by atoms with van der Waals surface area (Å²) in [5.41, 5.74) is 2.03. The summed E-state index contributed by atoms with van der Waals surface area (Å²) in [6.07, 6.45) is 0.161. The molecule has 2 amide bonds. The number of amides is 2. The summed E-state index contributed by atoms with van der Waals surface area (Å²) in [5.74, 6) is 0.164. The molecule has 2 aromatic carbocycles. The quantitative estimate of drug-likeness (QED) is 0.656. The average Bonchev–Trinajstić information content (AvgIpc) is 2.74. The van der Waals surface area contributed by atoms with E-state index in [0.29, 0.717) is 5.69 Å². The highest BCUT2D eigenvalue weighted by atomic mass is 16.6. The van der Waals surface area contributed by atoms with Crippen molar-refractivity contribution in [2.75, 3.05) is 10.6 Å². The van der Waals surface area contributed by atoms with Gasteiger partial charge in [0.15, 0.2) is 5.82 Å². The Bertz CT molecular complexity index is 841. The number of hydrogen-bond donors (Lipinski definition) is 2. The zero-order valence-electron chi connectivity index (χ0n) is 15.0. The third-order valence-corrected chi connectivity index (χ3v) is 3.69. The van der Waals surface area contributed by atoms with E-state index in [9.17, 15) is 9.59 Å². The molecule has 0 aliphatic rings. The van der Waals surface area contributed by atoms with Crippen LogP contribution in [0.4, 0.5) is 21.1 Å². The molecule has 0 fully saturated rings. The Morgan fingerprint density at radius 3 is 1.82 bits per heavy atom.